The van der Waals surface area contributed by atoms with Crippen LogP contribution in [0.15, 0.2) is 42.5 Å². The fourth-order valence-electron chi connectivity index (χ4n) is 4.25. The van der Waals surface area contributed by atoms with E-state index in [9.17, 15) is 4.79 Å². The van der Waals surface area contributed by atoms with Crippen molar-refractivity contribution in [2.45, 2.75) is 44.8 Å². The first-order valence-electron chi connectivity index (χ1n) is 9.07. The second-order valence-corrected chi connectivity index (χ2v) is 8.42. The molecule has 5 rings (SSSR count). The summed E-state index contributed by atoms with van der Waals surface area (Å²) in [7, 11) is 0. The topological polar surface area (TPSA) is 51.0 Å². The van der Waals surface area contributed by atoms with Crippen LogP contribution in [-0.2, 0) is 13.0 Å². The minimum absolute atomic E-state index is 0.176. The van der Waals surface area contributed by atoms with Crippen molar-refractivity contribution in [3.63, 3.8) is 0 Å². The molecule has 6 heteroatoms. The molecule has 5 nitrogen and oxygen atoms in total. The first-order chi connectivity index (χ1) is 12.7. The molecule has 0 N–H and O–H groups in total. The third kappa shape index (κ3) is 2.48. The maximum Gasteiger partial charge on any atom is 0.264 e. The summed E-state index contributed by atoms with van der Waals surface area (Å²) in [5.41, 5.74) is 1.08. The summed E-state index contributed by atoms with van der Waals surface area (Å²) in [5, 5.41) is 8.91. The molecule has 2 atom stereocenters. The predicted octanol–water partition coefficient (Wildman–Crippen LogP) is 3.54. The number of amides is 1. The van der Waals surface area contributed by atoms with Gasteiger partial charge in [0.1, 0.15) is 5.82 Å². The van der Waals surface area contributed by atoms with Crippen LogP contribution in [0.2, 0.25) is 0 Å². The first kappa shape index (κ1) is 15.8. The third-order valence-electron chi connectivity index (χ3n) is 5.48. The van der Waals surface area contributed by atoms with E-state index in [2.05, 4.69) is 31.8 Å². The van der Waals surface area contributed by atoms with Gasteiger partial charge in [0.25, 0.3) is 5.91 Å². The van der Waals surface area contributed by atoms with E-state index in [0.29, 0.717) is 0 Å². The fourth-order valence-corrected chi connectivity index (χ4v) is 5.06. The summed E-state index contributed by atoms with van der Waals surface area (Å²) in [6, 6.07) is 14.6. The molecule has 0 aliphatic carbocycles. The van der Waals surface area contributed by atoms with E-state index in [1.807, 2.05) is 37.3 Å². The van der Waals surface area contributed by atoms with Gasteiger partial charge < -0.3 is 9.47 Å². The van der Waals surface area contributed by atoms with Crippen molar-refractivity contribution >= 4 is 17.2 Å². The Labute approximate surface area is 156 Å². The van der Waals surface area contributed by atoms with Gasteiger partial charge in [0, 0.05) is 29.4 Å². The molecule has 3 aromatic rings. The molecule has 132 valence electrons. The molecule has 1 saturated heterocycles. The maximum absolute atomic E-state index is 13.1. The molecule has 26 heavy (non-hydrogen) atoms. The molecule has 1 amide bonds. The Hall–Kier alpha value is -2.47. The molecule has 1 aromatic carbocycles. The normalized spacial score (nSPS) is 21.5. The van der Waals surface area contributed by atoms with Gasteiger partial charge in [-0.2, -0.15) is 0 Å². The number of thiophene rings is 1. The number of carbonyl (C=O) groups is 1. The predicted molar refractivity (Wildman–Crippen MR) is 101 cm³/mol. The monoisotopic (exact) mass is 364 g/mol. The summed E-state index contributed by atoms with van der Waals surface area (Å²) < 4.78 is 2.22. The zero-order chi connectivity index (χ0) is 17.7. The van der Waals surface area contributed by atoms with Crippen LogP contribution in [0, 0.1) is 6.92 Å². The van der Waals surface area contributed by atoms with Gasteiger partial charge in [0.2, 0.25) is 0 Å². The summed E-state index contributed by atoms with van der Waals surface area (Å²) in [5.74, 6) is 2.08. The van der Waals surface area contributed by atoms with Gasteiger partial charge in [0.15, 0.2) is 5.82 Å². The Kier molecular flexibility index (Phi) is 3.67. The van der Waals surface area contributed by atoms with Gasteiger partial charge in [-0.15, -0.1) is 21.5 Å². The van der Waals surface area contributed by atoms with Gasteiger partial charge in [-0.1, -0.05) is 30.3 Å². The van der Waals surface area contributed by atoms with Crippen molar-refractivity contribution in [1.29, 1.82) is 0 Å². The van der Waals surface area contributed by atoms with E-state index >= 15 is 0 Å². The Morgan fingerprint density at radius 1 is 1.08 bits per heavy atom. The molecule has 2 aliphatic heterocycles. The smallest absolute Gasteiger partial charge is 0.264 e. The number of aromatic nitrogens is 3. The molecule has 4 heterocycles. The molecule has 0 spiro atoms. The highest BCUT2D eigenvalue weighted by molar-refractivity contribution is 7.13. The lowest BCUT2D eigenvalue weighted by Crippen LogP contribution is -2.41. The molecule has 2 unspecified atom stereocenters. The Morgan fingerprint density at radius 3 is 2.65 bits per heavy atom. The number of hydrogen-bond acceptors (Lipinski definition) is 4. The molecular weight excluding hydrogens is 344 g/mol. The van der Waals surface area contributed by atoms with Crippen molar-refractivity contribution in [2.75, 3.05) is 0 Å². The number of rotatable bonds is 2. The largest absolute Gasteiger partial charge is 0.330 e. The molecule has 1 fully saturated rings. The number of aryl methyl sites for hydroxylation is 1. The molecule has 0 saturated carbocycles. The van der Waals surface area contributed by atoms with Gasteiger partial charge in [0.05, 0.1) is 10.9 Å². The van der Waals surface area contributed by atoms with Crippen LogP contribution >= 0.6 is 11.3 Å². The number of benzene rings is 1. The minimum atomic E-state index is 0.176. The number of nitrogens with zero attached hydrogens (tertiary/aromatic N) is 4. The number of carbonyl (C=O) groups excluding carboxylic acids is 1. The summed E-state index contributed by atoms with van der Waals surface area (Å²) >= 11 is 1.59. The molecule has 2 aromatic heterocycles. The summed E-state index contributed by atoms with van der Waals surface area (Å²) in [4.78, 5) is 17.3. The molecule has 2 aliphatic rings. The fraction of sp³-hybridized carbons (Fsp3) is 0.350. The van der Waals surface area contributed by atoms with E-state index < -0.39 is 0 Å². The average Bonchev–Trinajstić information content (AvgIpc) is 3.33. The van der Waals surface area contributed by atoms with Crippen LogP contribution in [0.3, 0.4) is 0 Å². The highest BCUT2D eigenvalue weighted by atomic mass is 32.1. The minimum Gasteiger partial charge on any atom is -0.330 e. The van der Waals surface area contributed by atoms with E-state index in [0.717, 1.165) is 47.9 Å². The van der Waals surface area contributed by atoms with Crippen molar-refractivity contribution in [2.24, 2.45) is 0 Å². The van der Waals surface area contributed by atoms with Crippen molar-refractivity contribution in [1.82, 2.24) is 19.7 Å². The van der Waals surface area contributed by atoms with Crippen molar-refractivity contribution in [3.8, 4) is 11.4 Å². The van der Waals surface area contributed by atoms with Gasteiger partial charge in [-0.25, -0.2) is 0 Å². The average molecular weight is 364 g/mol. The zero-order valence-corrected chi connectivity index (χ0v) is 15.4. The van der Waals surface area contributed by atoms with E-state index in [1.165, 1.54) is 4.88 Å². The van der Waals surface area contributed by atoms with E-state index in [4.69, 9.17) is 0 Å². The van der Waals surface area contributed by atoms with Crippen LogP contribution in [0.5, 0.6) is 0 Å². The Balaban J connectivity index is 1.50. The van der Waals surface area contributed by atoms with Crippen LogP contribution in [0.4, 0.5) is 0 Å². The highest BCUT2D eigenvalue weighted by Gasteiger charge is 2.41. The highest BCUT2D eigenvalue weighted by Crippen LogP contribution is 2.35. The van der Waals surface area contributed by atoms with E-state index in [1.54, 1.807) is 11.3 Å². The maximum atomic E-state index is 13.1. The van der Waals surface area contributed by atoms with Crippen LogP contribution < -0.4 is 0 Å². The summed E-state index contributed by atoms with van der Waals surface area (Å²) in [6.45, 7) is 2.82. The summed E-state index contributed by atoms with van der Waals surface area (Å²) in [6.07, 6.45) is 2.88. The third-order valence-corrected chi connectivity index (χ3v) is 6.47. The lowest BCUT2D eigenvalue weighted by atomic mass is 10.1. The van der Waals surface area contributed by atoms with Crippen LogP contribution in [0.25, 0.3) is 11.4 Å². The Morgan fingerprint density at radius 2 is 1.88 bits per heavy atom. The van der Waals surface area contributed by atoms with Gasteiger partial charge in [-0.05, 0) is 31.9 Å². The Bertz CT molecular complexity index is 961. The second-order valence-electron chi connectivity index (χ2n) is 7.13. The lowest BCUT2D eigenvalue weighted by Gasteiger charge is -2.27. The lowest BCUT2D eigenvalue weighted by molar-refractivity contribution is 0.0671. The number of fused-ring (bicyclic) bond motifs is 3. The van der Waals surface area contributed by atoms with E-state index in [-0.39, 0.29) is 18.0 Å². The zero-order valence-electron chi connectivity index (χ0n) is 14.6. The number of hydrogen-bond donors (Lipinski definition) is 0. The van der Waals surface area contributed by atoms with Crippen molar-refractivity contribution < 1.29 is 4.79 Å². The second kappa shape index (κ2) is 6.06. The molecule has 0 radical (unpaired) electrons. The SMILES string of the molecule is Cc1ccc(C(=O)N2C3CCC2Cn2c(nnc2-c2ccccc2)C3)s1. The quantitative estimate of drug-likeness (QED) is 0.699. The van der Waals surface area contributed by atoms with Crippen molar-refractivity contribution in [3.05, 3.63) is 58.0 Å². The molecule has 2 bridgehead atoms. The van der Waals surface area contributed by atoms with Gasteiger partial charge in [-0.3, -0.25) is 4.79 Å². The molecular formula is C20H20N4OS. The first-order valence-corrected chi connectivity index (χ1v) is 9.89. The van der Waals surface area contributed by atoms with Crippen LogP contribution in [0.1, 0.15) is 33.2 Å². The standard InChI is InChI=1S/C20H20N4OS/c1-13-7-10-17(26-13)20(25)24-15-8-9-16(24)12-23-18(11-15)21-22-19(23)14-5-3-2-4-6-14/h2-7,10,15-16H,8-9,11-12H2,1H3. The van der Waals surface area contributed by atoms with Gasteiger partial charge >= 0.3 is 0 Å². The van der Waals surface area contributed by atoms with Crippen LogP contribution in [-0.4, -0.2) is 37.7 Å².